The molecule has 1 amide bonds. The summed E-state index contributed by atoms with van der Waals surface area (Å²) in [6.07, 6.45) is -3.98. The molecule has 1 aliphatic carbocycles. The Bertz CT molecular complexity index is 1270. The number of ketones is 1. The standard InChI is InChI=1S/C22H25F3N4O4S/c1-21(2)10-16-18(17(30)11-21)19(22(23,24)25)28-29(16)13-3-4-14(20(26)31)15(9-13)27-12-5-7-34(32,33)8-6-12/h3-4,9,12,27H,5-8,10-11H2,1-2H3,(H2,26,31). The minimum absolute atomic E-state index is 0.00490. The van der Waals surface area contributed by atoms with E-state index in [0.717, 1.165) is 4.68 Å². The number of aromatic nitrogens is 2. The highest BCUT2D eigenvalue weighted by atomic mass is 32.2. The fourth-order valence-electron chi connectivity index (χ4n) is 4.61. The van der Waals surface area contributed by atoms with Crippen LogP contribution in [0.2, 0.25) is 0 Å². The van der Waals surface area contributed by atoms with E-state index in [2.05, 4.69) is 10.4 Å². The number of nitrogens with zero attached hydrogens (tertiary/aromatic N) is 2. The van der Waals surface area contributed by atoms with Crippen LogP contribution in [-0.2, 0) is 22.4 Å². The van der Waals surface area contributed by atoms with Crippen LogP contribution in [0.5, 0.6) is 0 Å². The van der Waals surface area contributed by atoms with Crippen LogP contribution in [0.25, 0.3) is 5.69 Å². The number of hydrogen-bond acceptors (Lipinski definition) is 6. The summed E-state index contributed by atoms with van der Waals surface area (Å²) in [5, 5.41) is 6.90. The first-order valence-corrected chi connectivity index (χ1v) is 12.6. The second-order valence-corrected chi connectivity index (χ2v) is 12.0. The molecule has 1 aliphatic heterocycles. The van der Waals surface area contributed by atoms with Gasteiger partial charge in [0, 0.05) is 18.2 Å². The van der Waals surface area contributed by atoms with Gasteiger partial charge in [-0.1, -0.05) is 13.8 Å². The smallest absolute Gasteiger partial charge is 0.382 e. The molecule has 2 aliphatic rings. The lowest BCUT2D eigenvalue weighted by Gasteiger charge is -2.29. The van der Waals surface area contributed by atoms with Gasteiger partial charge in [-0.25, -0.2) is 13.1 Å². The summed E-state index contributed by atoms with van der Waals surface area (Å²) in [6.45, 7) is 3.61. The maximum Gasteiger partial charge on any atom is 0.435 e. The molecule has 2 heterocycles. The first-order valence-electron chi connectivity index (χ1n) is 10.8. The molecular weight excluding hydrogens is 473 g/mol. The van der Waals surface area contributed by atoms with Crippen LogP contribution in [0.15, 0.2) is 18.2 Å². The molecule has 0 radical (unpaired) electrons. The van der Waals surface area contributed by atoms with E-state index < -0.39 is 44.4 Å². The van der Waals surface area contributed by atoms with Gasteiger partial charge in [0.2, 0.25) is 0 Å². The van der Waals surface area contributed by atoms with Crippen molar-refractivity contribution in [2.75, 3.05) is 16.8 Å². The number of amides is 1. The van der Waals surface area contributed by atoms with Gasteiger partial charge in [0.1, 0.15) is 9.84 Å². The number of primary amides is 1. The molecule has 184 valence electrons. The van der Waals surface area contributed by atoms with Crippen molar-refractivity contribution in [3.8, 4) is 5.69 Å². The van der Waals surface area contributed by atoms with Crippen molar-refractivity contribution in [3.63, 3.8) is 0 Å². The summed E-state index contributed by atoms with van der Waals surface area (Å²) in [5.74, 6) is -1.36. The number of nitrogens with one attached hydrogen (secondary N) is 1. The molecule has 0 bridgehead atoms. The third-order valence-corrected chi connectivity index (χ3v) is 7.96. The van der Waals surface area contributed by atoms with Gasteiger partial charge in [-0.05, 0) is 42.9 Å². The first kappa shape index (κ1) is 24.2. The van der Waals surface area contributed by atoms with E-state index in [1.807, 2.05) is 0 Å². The summed E-state index contributed by atoms with van der Waals surface area (Å²) in [6, 6.07) is 4.02. The van der Waals surface area contributed by atoms with Crippen LogP contribution in [-0.4, -0.2) is 47.4 Å². The average Bonchev–Trinajstić information content (AvgIpc) is 3.08. The minimum Gasteiger partial charge on any atom is -0.382 e. The molecule has 4 rings (SSSR count). The summed E-state index contributed by atoms with van der Waals surface area (Å²) >= 11 is 0. The minimum atomic E-state index is -4.81. The van der Waals surface area contributed by atoms with E-state index in [1.165, 1.54) is 18.2 Å². The number of hydrogen-bond donors (Lipinski definition) is 2. The molecule has 3 N–H and O–H groups in total. The van der Waals surface area contributed by atoms with E-state index in [0.29, 0.717) is 12.8 Å². The molecule has 1 fully saturated rings. The van der Waals surface area contributed by atoms with E-state index in [4.69, 9.17) is 5.73 Å². The van der Waals surface area contributed by atoms with E-state index in [-0.39, 0.29) is 53.0 Å². The predicted molar refractivity (Wildman–Crippen MR) is 119 cm³/mol. The van der Waals surface area contributed by atoms with Crippen LogP contribution < -0.4 is 11.1 Å². The number of carbonyl (C=O) groups excluding carboxylic acids is 2. The van der Waals surface area contributed by atoms with Crippen LogP contribution >= 0.6 is 0 Å². The van der Waals surface area contributed by atoms with E-state index in [1.54, 1.807) is 13.8 Å². The highest BCUT2D eigenvalue weighted by Gasteiger charge is 2.45. The Hall–Kier alpha value is -2.89. The summed E-state index contributed by atoms with van der Waals surface area (Å²) in [4.78, 5) is 24.6. The van der Waals surface area contributed by atoms with E-state index >= 15 is 0 Å². The highest BCUT2D eigenvalue weighted by molar-refractivity contribution is 7.91. The molecule has 0 unspecified atom stereocenters. The van der Waals surface area contributed by atoms with Crippen molar-refractivity contribution in [3.05, 3.63) is 40.7 Å². The third-order valence-electron chi connectivity index (χ3n) is 6.24. The molecule has 8 nitrogen and oxygen atoms in total. The number of sulfone groups is 1. The number of halogens is 3. The molecule has 0 atom stereocenters. The van der Waals surface area contributed by atoms with Crippen LogP contribution in [0, 0.1) is 5.41 Å². The molecule has 1 saturated heterocycles. The third kappa shape index (κ3) is 4.68. The second-order valence-electron chi connectivity index (χ2n) is 9.69. The van der Waals surface area contributed by atoms with Crippen molar-refractivity contribution in [2.24, 2.45) is 11.1 Å². The zero-order chi connectivity index (χ0) is 25.1. The summed E-state index contributed by atoms with van der Waals surface area (Å²) in [7, 11) is -3.11. The Morgan fingerprint density at radius 3 is 2.44 bits per heavy atom. The molecule has 2 aromatic rings. The Morgan fingerprint density at radius 1 is 1.21 bits per heavy atom. The van der Waals surface area contributed by atoms with Crippen molar-refractivity contribution in [2.45, 2.75) is 51.7 Å². The average molecular weight is 499 g/mol. The lowest BCUT2D eigenvalue weighted by atomic mass is 9.75. The SMILES string of the molecule is CC1(C)CC(=O)c2c(C(F)(F)F)nn(-c3ccc(C(N)=O)c(NC4CCS(=O)(=O)CC4)c3)c2C1. The maximum absolute atomic E-state index is 13.7. The zero-order valence-corrected chi connectivity index (χ0v) is 19.5. The van der Waals surface area contributed by atoms with Crippen molar-refractivity contribution < 1.29 is 31.2 Å². The fourth-order valence-corrected chi connectivity index (χ4v) is 6.10. The zero-order valence-electron chi connectivity index (χ0n) is 18.7. The van der Waals surface area contributed by atoms with Crippen LogP contribution in [0.3, 0.4) is 0 Å². The van der Waals surface area contributed by atoms with Gasteiger partial charge in [0.15, 0.2) is 11.5 Å². The quantitative estimate of drug-likeness (QED) is 0.668. The normalized spacial score (nSPS) is 20.1. The Balaban J connectivity index is 1.80. The Kier molecular flexibility index (Phi) is 5.78. The number of anilines is 1. The number of nitrogens with two attached hydrogens (primary N) is 1. The molecule has 12 heteroatoms. The Morgan fingerprint density at radius 2 is 1.85 bits per heavy atom. The van der Waals surface area contributed by atoms with Crippen molar-refractivity contribution in [1.82, 2.24) is 9.78 Å². The summed E-state index contributed by atoms with van der Waals surface area (Å²) < 4.78 is 65.8. The molecule has 34 heavy (non-hydrogen) atoms. The van der Waals surface area contributed by atoms with Crippen molar-refractivity contribution in [1.29, 1.82) is 0 Å². The lowest BCUT2D eigenvalue weighted by molar-refractivity contribution is -0.141. The largest absolute Gasteiger partial charge is 0.435 e. The fraction of sp³-hybridized carbons (Fsp3) is 0.500. The lowest BCUT2D eigenvalue weighted by Crippen LogP contribution is -2.33. The number of alkyl halides is 3. The predicted octanol–water partition coefficient (Wildman–Crippen LogP) is 3.13. The van der Waals surface area contributed by atoms with Gasteiger partial charge in [0.25, 0.3) is 5.91 Å². The molecular formula is C22H25F3N4O4S. The molecule has 0 spiro atoms. The monoisotopic (exact) mass is 498 g/mol. The van der Waals surface area contributed by atoms with Gasteiger partial charge in [-0.2, -0.15) is 18.3 Å². The first-order chi connectivity index (χ1) is 15.7. The Labute approximate surface area is 194 Å². The van der Waals surface area contributed by atoms with Gasteiger partial charge < -0.3 is 11.1 Å². The number of rotatable bonds is 4. The van der Waals surface area contributed by atoms with Gasteiger partial charge in [-0.15, -0.1) is 0 Å². The number of Topliss-reactive ketones (excluding diaryl/α,β-unsaturated/α-hetero) is 1. The number of fused-ring (bicyclic) bond motifs is 1. The van der Waals surface area contributed by atoms with Crippen molar-refractivity contribution >= 4 is 27.2 Å². The van der Waals surface area contributed by atoms with Crippen LogP contribution in [0.4, 0.5) is 18.9 Å². The van der Waals surface area contributed by atoms with Crippen LogP contribution in [0.1, 0.15) is 65.2 Å². The van der Waals surface area contributed by atoms with Gasteiger partial charge >= 0.3 is 6.18 Å². The molecule has 0 saturated carbocycles. The maximum atomic E-state index is 13.7. The van der Waals surface area contributed by atoms with Gasteiger partial charge in [0.05, 0.1) is 34.0 Å². The number of carbonyl (C=O) groups is 2. The second kappa shape index (κ2) is 8.10. The number of benzene rings is 1. The molecule has 1 aromatic carbocycles. The molecule has 1 aromatic heterocycles. The highest BCUT2D eigenvalue weighted by Crippen LogP contribution is 2.42. The summed E-state index contributed by atoms with van der Waals surface area (Å²) in [5.41, 5.74) is 4.07. The topological polar surface area (TPSA) is 124 Å². The van der Waals surface area contributed by atoms with Gasteiger partial charge in [-0.3, -0.25) is 9.59 Å². The van der Waals surface area contributed by atoms with E-state index in [9.17, 15) is 31.2 Å².